The number of aryl methyl sites for hydroxylation is 1. The maximum absolute atomic E-state index is 5.60. The van der Waals surface area contributed by atoms with Crippen molar-refractivity contribution in [2.75, 3.05) is 5.73 Å². The van der Waals surface area contributed by atoms with E-state index in [4.69, 9.17) is 5.73 Å². The van der Waals surface area contributed by atoms with Gasteiger partial charge in [0.25, 0.3) is 0 Å². The maximum Gasteiger partial charge on any atom is 0.145 e. The number of nitrogen functional groups attached to an aromatic ring is 1. The lowest BCUT2D eigenvalue weighted by Gasteiger charge is -1.99. The summed E-state index contributed by atoms with van der Waals surface area (Å²) in [5, 5.41) is 0. The van der Waals surface area contributed by atoms with E-state index in [9.17, 15) is 0 Å². The molecule has 0 aromatic carbocycles. The molecule has 3 heteroatoms. The van der Waals surface area contributed by atoms with Gasteiger partial charge in [-0.1, -0.05) is 13.8 Å². The number of aromatic amines is 1. The number of hydrogen-bond acceptors (Lipinski definition) is 2. The predicted molar refractivity (Wildman–Crippen MR) is 41.8 cm³/mol. The van der Waals surface area contributed by atoms with Gasteiger partial charge in [-0.05, 0) is 12.8 Å². The van der Waals surface area contributed by atoms with Crippen molar-refractivity contribution in [2.45, 2.75) is 26.7 Å². The highest BCUT2D eigenvalue weighted by atomic mass is 15.0. The van der Waals surface area contributed by atoms with E-state index in [1.165, 1.54) is 0 Å². The van der Waals surface area contributed by atoms with Gasteiger partial charge in [-0.3, -0.25) is 0 Å². The van der Waals surface area contributed by atoms with Crippen molar-refractivity contribution in [2.24, 2.45) is 0 Å². The van der Waals surface area contributed by atoms with Crippen LogP contribution in [-0.2, 0) is 0 Å². The Morgan fingerprint density at radius 1 is 1.50 bits per heavy atom. The Bertz CT molecular complexity index is 225. The number of nitrogens with one attached hydrogen (secondary N) is 1. The van der Waals surface area contributed by atoms with Gasteiger partial charge in [0, 0.05) is 0 Å². The molecule has 0 spiro atoms. The van der Waals surface area contributed by atoms with Crippen LogP contribution in [0.3, 0.4) is 0 Å². The molecular weight excluding hydrogens is 126 g/mol. The summed E-state index contributed by atoms with van der Waals surface area (Å²) >= 11 is 0. The summed E-state index contributed by atoms with van der Waals surface area (Å²) in [6.07, 6.45) is 0. The fourth-order valence-electron chi connectivity index (χ4n) is 0.968. The number of H-pyrrole nitrogens is 1. The van der Waals surface area contributed by atoms with E-state index < -0.39 is 0 Å². The average molecular weight is 139 g/mol. The standard InChI is InChI=1S/C7H13N3/c1-4(2)6-7(8)10-5(3)9-6/h4H,8H2,1-3H3,(H,9,10). The lowest BCUT2D eigenvalue weighted by Crippen LogP contribution is -1.94. The Balaban J connectivity index is 3.03. The largest absolute Gasteiger partial charge is 0.382 e. The number of imidazole rings is 1. The summed E-state index contributed by atoms with van der Waals surface area (Å²) in [6, 6.07) is 0. The molecule has 1 rings (SSSR count). The molecule has 10 heavy (non-hydrogen) atoms. The molecule has 0 bridgehead atoms. The van der Waals surface area contributed by atoms with Gasteiger partial charge in [0.15, 0.2) is 0 Å². The van der Waals surface area contributed by atoms with Gasteiger partial charge in [0.2, 0.25) is 0 Å². The number of anilines is 1. The zero-order chi connectivity index (χ0) is 7.72. The fourth-order valence-corrected chi connectivity index (χ4v) is 0.968. The van der Waals surface area contributed by atoms with Crippen LogP contribution in [0.1, 0.15) is 31.3 Å². The first-order valence-corrected chi connectivity index (χ1v) is 3.43. The Morgan fingerprint density at radius 2 is 2.10 bits per heavy atom. The van der Waals surface area contributed by atoms with Crippen molar-refractivity contribution in [3.8, 4) is 0 Å². The molecule has 1 heterocycles. The third-order valence-corrected chi connectivity index (χ3v) is 1.46. The Hall–Kier alpha value is -0.990. The molecule has 0 radical (unpaired) electrons. The summed E-state index contributed by atoms with van der Waals surface area (Å²) in [4.78, 5) is 7.16. The summed E-state index contributed by atoms with van der Waals surface area (Å²) < 4.78 is 0. The van der Waals surface area contributed by atoms with Crippen LogP contribution in [0.5, 0.6) is 0 Å². The molecule has 0 aliphatic carbocycles. The summed E-state index contributed by atoms with van der Waals surface area (Å²) in [5.41, 5.74) is 6.64. The summed E-state index contributed by atoms with van der Waals surface area (Å²) in [7, 11) is 0. The van der Waals surface area contributed by atoms with Gasteiger partial charge in [0.05, 0.1) is 5.69 Å². The van der Waals surface area contributed by atoms with E-state index in [0.717, 1.165) is 11.5 Å². The molecule has 1 aromatic rings. The van der Waals surface area contributed by atoms with Crippen LogP contribution >= 0.6 is 0 Å². The lowest BCUT2D eigenvalue weighted by atomic mass is 10.1. The van der Waals surface area contributed by atoms with Crippen LogP contribution < -0.4 is 5.73 Å². The fraction of sp³-hybridized carbons (Fsp3) is 0.571. The van der Waals surface area contributed by atoms with Crippen LogP contribution in [0, 0.1) is 6.92 Å². The Kier molecular flexibility index (Phi) is 1.66. The normalized spacial score (nSPS) is 10.8. The Labute approximate surface area is 60.7 Å². The average Bonchev–Trinajstić information content (AvgIpc) is 2.10. The molecule has 0 aliphatic heterocycles. The zero-order valence-corrected chi connectivity index (χ0v) is 6.60. The molecule has 1 aromatic heterocycles. The van der Waals surface area contributed by atoms with Crippen molar-refractivity contribution in [1.29, 1.82) is 0 Å². The van der Waals surface area contributed by atoms with Crippen LogP contribution in [-0.4, -0.2) is 9.97 Å². The van der Waals surface area contributed by atoms with Gasteiger partial charge in [0.1, 0.15) is 11.6 Å². The van der Waals surface area contributed by atoms with E-state index in [0.29, 0.717) is 11.7 Å². The van der Waals surface area contributed by atoms with E-state index in [1.54, 1.807) is 0 Å². The smallest absolute Gasteiger partial charge is 0.145 e. The molecule has 0 aliphatic rings. The molecule has 3 nitrogen and oxygen atoms in total. The molecule has 0 fully saturated rings. The van der Waals surface area contributed by atoms with Gasteiger partial charge in [-0.15, -0.1) is 0 Å². The maximum atomic E-state index is 5.60. The highest BCUT2D eigenvalue weighted by molar-refractivity contribution is 5.37. The van der Waals surface area contributed by atoms with Gasteiger partial charge >= 0.3 is 0 Å². The second kappa shape index (κ2) is 2.33. The molecular formula is C7H13N3. The number of hydrogen-bond donors (Lipinski definition) is 2. The first-order chi connectivity index (χ1) is 4.61. The number of rotatable bonds is 1. The second-order valence-corrected chi connectivity index (χ2v) is 2.78. The quantitative estimate of drug-likeness (QED) is 0.618. The molecule has 0 atom stereocenters. The van der Waals surface area contributed by atoms with Crippen molar-refractivity contribution in [3.05, 3.63) is 11.5 Å². The topological polar surface area (TPSA) is 54.7 Å². The molecule has 0 saturated heterocycles. The summed E-state index contributed by atoms with van der Waals surface area (Å²) in [5.74, 6) is 1.95. The van der Waals surface area contributed by atoms with Gasteiger partial charge < -0.3 is 10.7 Å². The second-order valence-electron chi connectivity index (χ2n) is 2.78. The molecule has 3 N–H and O–H groups in total. The SMILES string of the molecule is Cc1nc(N)c(C(C)C)[nH]1. The monoisotopic (exact) mass is 139 g/mol. The molecule has 56 valence electrons. The van der Waals surface area contributed by atoms with Crippen LogP contribution in [0.15, 0.2) is 0 Å². The van der Waals surface area contributed by atoms with E-state index in [-0.39, 0.29) is 0 Å². The first-order valence-electron chi connectivity index (χ1n) is 3.43. The van der Waals surface area contributed by atoms with Gasteiger partial charge in [-0.25, -0.2) is 4.98 Å². The van der Waals surface area contributed by atoms with Crippen LogP contribution in [0.25, 0.3) is 0 Å². The summed E-state index contributed by atoms with van der Waals surface area (Å²) in [6.45, 7) is 6.08. The predicted octanol–water partition coefficient (Wildman–Crippen LogP) is 1.42. The molecule has 0 unspecified atom stereocenters. The van der Waals surface area contributed by atoms with E-state index in [2.05, 4.69) is 23.8 Å². The number of nitrogens with two attached hydrogens (primary N) is 1. The van der Waals surface area contributed by atoms with Crippen molar-refractivity contribution >= 4 is 5.82 Å². The van der Waals surface area contributed by atoms with Crippen molar-refractivity contribution < 1.29 is 0 Å². The third-order valence-electron chi connectivity index (χ3n) is 1.46. The molecule has 0 saturated carbocycles. The first kappa shape index (κ1) is 7.12. The molecule has 0 amide bonds. The highest BCUT2D eigenvalue weighted by Crippen LogP contribution is 2.17. The minimum atomic E-state index is 0.432. The van der Waals surface area contributed by atoms with E-state index in [1.807, 2.05) is 6.92 Å². The van der Waals surface area contributed by atoms with Crippen molar-refractivity contribution in [1.82, 2.24) is 9.97 Å². The minimum Gasteiger partial charge on any atom is -0.382 e. The minimum absolute atomic E-state index is 0.432. The zero-order valence-electron chi connectivity index (χ0n) is 6.60. The Morgan fingerprint density at radius 3 is 2.30 bits per heavy atom. The number of aromatic nitrogens is 2. The van der Waals surface area contributed by atoms with E-state index >= 15 is 0 Å². The van der Waals surface area contributed by atoms with Crippen LogP contribution in [0.4, 0.5) is 5.82 Å². The van der Waals surface area contributed by atoms with Crippen molar-refractivity contribution in [3.63, 3.8) is 0 Å². The van der Waals surface area contributed by atoms with Crippen LogP contribution in [0.2, 0.25) is 0 Å². The number of nitrogens with zero attached hydrogens (tertiary/aromatic N) is 1. The lowest BCUT2D eigenvalue weighted by molar-refractivity contribution is 0.831. The third kappa shape index (κ3) is 1.12. The van der Waals surface area contributed by atoms with Gasteiger partial charge in [-0.2, -0.15) is 0 Å². The highest BCUT2D eigenvalue weighted by Gasteiger charge is 2.06.